The summed E-state index contributed by atoms with van der Waals surface area (Å²) in [6, 6.07) is 0. The molecule has 0 bridgehead atoms. The number of unbranched alkanes of at least 4 members (excludes halogenated alkanes) is 21. The van der Waals surface area contributed by atoms with Crippen LogP contribution in [0.3, 0.4) is 0 Å². The van der Waals surface area contributed by atoms with Gasteiger partial charge in [-0.25, -0.2) is 0 Å². The Kier molecular flexibility index (Phi) is 28.3. The summed E-state index contributed by atoms with van der Waals surface area (Å²) in [5.74, 6) is 0.247. The van der Waals surface area contributed by atoms with Gasteiger partial charge in [-0.2, -0.15) is 0 Å². The lowest BCUT2D eigenvalue weighted by atomic mass is 9.94. The number of esters is 1. The van der Waals surface area contributed by atoms with Gasteiger partial charge in [-0.3, -0.25) is 4.79 Å². The van der Waals surface area contributed by atoms with Gasteiger partial charge in [0.1, 0.15) is 0 Å². The Bertz CT molecular complexity index is 392. The van der Waals surface area contributed by atoms with E-state index in [0.29, 0.717) is 6.61 Å². The van der Waals surface area contributed by atoms with Crippen LogP contribution < -0.4 is 0 Å². The maximum Gasteiger partial charge on any atom is 0.308 e. The van der Waals surface area contributed by atoms with Crippen molar-refractivity contribution in [1.82, 2.24) is 0 Å². The van der Waals surface area contributed by atoms with Crippen LogP contribution >= 0.6 is 0 Å². The molecule has 0 spiro atoms. The Labute approximate surface area is 215 Å². The van der Waals surface area contributed by atoms with Crippen LogP contribution in [0.2, 0.25) is 0 Å². The molecule has 204 valence electrons. The van der Waals surface area contributed by atoms with E-state index in [1.165, 1.54) is 148 Å². The third-order valence-corrected chi connectivity index (χ3v) is 7.39. The highest BCUT2D eigenvalue weighted by Crippen LogP contribution is 2.21. The van der Waals surface area contributed by atoms with Gasteiger partial charge >= 0.3 is 5.97 Å². The number of ether oxygens (including phenoxy) is 1. The zero-order valence-electron chi connectivity index (χ0n) is 24.0. The van der Waals surface area contributed by atoms with Crippen LogP contribution in [-0.2, 0) is 9.53 Å². The van der Waals surface area contributed by atoms with Crippen molar-refractivity contribution < 1.29 is 9.53 Å². The molecule has 0 aliphatic heterocycles. The predicted molar refractivity (Wildman–Crippen MR) is 152 cm³/mol. The SMILES string of the molecule is CCCCCCCCCCCCCCC(CCCCCC)C(=O)OCCCCCCCCCC. The van der Waals surface area contributed by atoms with Gasteiger partial charge < -0.3 is 4.74 Å². The van der Waals surface area contributed by atoms with Gasteiger partial charge in [0.05, 0.1) is 12.5 Å². The smallest absolute Gasteiger partial charge is 0.308 e. The average molecular weight is 481 g/mol. The predicted octanol–water partition coefficient (Wildman–Crippen LogP) is 11.3. The van der Waals surface area contributed by atoms with Gasteiger partial charge in [-0.1, -0.05) is 168 Å². The van der Waals surface area contributed by atoms with Crippen molar-refractivity contribution in [3.05, 3.63) is 0 Å². The first-order valence-corrected chi connectivity index (χ1v) is 15.9. The first kappa shape index (κ1) is 33.5. The number of hydrogen-bond donors (Lipinski definition) is 0. The molecular weight excluding hydrogens is 416 g/mol. The molecule has 0 rings (SSSR count). The van der Waals surface area contributed by atoms with Crippen LogP contribution in [0.25, 0.3) is 0 Å². The van der Waals surface area contributed by atoms with Gasteiger partial charge in [0.15, 0.2) is 0 Å². The number of hydrogen-bond acceptors (Lipinski definition) is 2. The van der Waals surface area contributed by atoms with Crippen molar-refractivity contribution in [2.75, 3.05) is 6.61 Å². The maximum atomic E-state index is 12.7. The Morgan fingerprint density at radius 2 is 0.735 bits per heavy atom. The van der Waals surface area contributed by atoms with E-state index in [0.717, 1.165) is 19.3 Å². The second-order valence-electron chi connectivity index (χ2n) is 10.9. The summed E-state index contributed by atoms with van der Waals surface area (Å²) in [6.07, 6.45) is 33.9. The van der Waals surface area contributed by atoms with Crippen molar-refractivity contribution in [3.8, 4) is 0 Å². The molecule has 2 nitrogen and oxygen atoms in total. The van der Waals surface area contributed by atoms with Crippen LogP contribution in [-0.4, -0.2) is 12.6 Å². The van der Waals surface area contributed by atoms with E-state index in [2.05, 4.69) is 20.8 Å². The molecule has 0 radical (unpaired) electrons. The van der Waals surface area contributed by atoms with Crippen molar-refractivity contribution in [2.45, 2.75) is 188 Å². The Morgan fingerprint density at radius 1 is 0.441 bits per heavy atom. The Morgan fingerprint density at radius 3 is 1.12 bits per heavy atom. The molecule has 0 heterocycles. The molecule has 0 N–H and O–H groups in total. The van der Waals surface area contributed by atoms with E-state index in [-0.39, 0.29) is 11.9 Å². The lowest BCUT2D eigenvalue weighted by molar-refractivity contribution is -0.149. The molecule has 0 fully saturated rings. The fraction of sp³-hybridized carbons (Fsp3) is 0.969. The van der Waals surface area contributed by atoms with Crippen LogP contribution in [0.4, 0.5) is 0 Å². The summed E-state index contributed by atoms with van der Waals surface area (Å²) in [5.41, 5.74) is 0. The quantitative estimate of drug-likeness (QED) is 0.0821. The van der Waals surface area contributed by atoms with Gasteiger partial charge in [0.25, 0.3) is 0 Å². The summed E-state index contributed by atoms with van der Waals surface area (Å²) in [5, 5.41) is 0. The summed E-state index contributed by atoms with van der Waals surface area (Å²) < 4.78 is 5.72. The molecule has 0 saturated heterocycles. The minimum atomic E-state index is 0.0996. The first-order chi connectivity index (χ1) is 16.8. The van der Waals surface area contributed by atoms with Crippen molar-refractivity contribution >= 4 is 5.97 Å². The normalized spacial score (nSPS) is 12.2. The molecule has 1 unspecified atom stereocenters. The molecule has 0 aromatic rings. The number of carbonyl (C=O) groups excluding carboxylic acids is 1. The van der Waals surface area contributed by atoms with Gasteiger partial charge in [0, 0.05) is 0 Å². The van der Waals surface area contributed by atoms with Gasteiger partial charge in [-0.15, -0.1) is 0 Å². The molecule has 0 aliphatic rings. The monoisotopic (exact) mass is 480 g/mol. The van der Waals surface area contributed by atoms with Crippen molar-refractivity contribution in [3.63, 3.8) is 0 Å². The lowest BCUT2D eigenvalue weighted by Gasteiger charge is -2.16. The summed E-state index contributed by atoms with van der Waals surface area (Å²) >= 11 is 0. The number of carbonyl (C=O) groups is 1. The zero-order chi connectivity index (χ0) is 25.0. The van der Waals surface area contributed by atoms with Crippen molar-refractivity contribution in [1.29, 1.82) is 0 Å². The molecule has 0 aromatic heterocycles. The zero-order valence-corrected chi connectivity index (χ0v) is 24.0. The highest BCUT2D eigenvalue weighted by atomic mass is 16.5. The Hall–Kier alpha value is -0.530. The summed E-state index contributed by atoms with van der Waals surface area (Å²) in [7, 11) is 0. The maximum absolute atomic E-state index is 12.7. The molecule has 34 heavy (non-hydrogen) atoms. The molecule has 0 aliphatic carbocycles. The van der Waals surface area contributed by atoms with Gasteiger partial charge in [-0.05, 0) is 19.3 Å². The highest BCUT2D eigenvalue weighted by Gasteiger charge is 2.19. The van der Waals surface area contributed by atoms with Crippen LogP contribution in [0, 0.1) is 5.92 Å². The molecular formula is C32H64O2. The fourth-order valence-electron chi connectivity index (χ4n) is 4.96. The second kappa shape index (κ2) is 28.7. The third-order valence-electron chi connectivity index (χ3n) is 7.39. The van der Waals surface area contributed by atoms with E-state index >= 15 is 0 Å². The summed E-state index contributed by atoms with van der Waals surface area (Å²) in [4.78, 5) is 12.7. The number of rotatable bonds is 28. The molecule has 0 aromatic carbocycles. The van der Waals surface area contributed by atoms with Crippen LogP contribution in [0.5, 0.6) is 0 Å². The topological polar surface area (TPSA) is 26.3 Å². The summed E-state index contributed by atoms with van der Waals surface area (Å²) in [6.45, 7) is 7.44. The minimum Gasteiger partial charge on any atom is -0.465 e. The standard InChI is InChI=1S/C32H64O2/c1-4-7-10-13-15-17-18-19-20-21-23-26-29-31(28-25-12-9-6-3)32(33)34-30-27-24-22-16-14-11-8-5-2/h31H,4-30H2,1-3H3. The van der Waals surface area contributed by atoms with E-state index in [1.54, 1.807) is 0 Å². The molecule has 0 amide bonds. The fourth-order valence-corrected chi connectivity index (χ4v) is 4.96. The van der Waals surface area contributed by atoms with Crippen LogP contribution in [0.1, 0.15) is 188 Å². The molecule has 2 heteroatoms. The highest BCUT2D eigenvalue weighted by molar-refractivity contribution is 5.72. The largest absolute Gasteiger partial charge is 0.465 e. The van der Waals surface area contributed by atoms with E-state index in [1.807, 2.05) is 0 Å². The Balaban J connectivity index is 3.85. The molecule has 0 saturated carbocycles. The van der Waals surface area contributed by atoms with Crippen molar-refractivity contribution in [2.24, 2.45) is 5.92 Å². The lowest BCUT2D eigenvalue weighted by Crippen LogP contribution is -2.18. The first-order valence-electron chi connectivity index (χ1n) is 15.9. The minimum absolute atomic E-state index is 0.0996. The van der Waals surface area contributed by atoms with Gasteiger partial charge in [0.2, 0.25) is 0 Å². The average Bonchev–Trinajstić information content (AvgIpc) is 2.84. The second-order valence-corrected chi connectivity index (χ2v) is 10.9. The third kappa shape index (κ3) is 24.6. The van der Waals surface area contributed by atoms with E-state index in [4.69, 9.17) is 4.74 Å². The van der Waals surface area contributed by atoms with E-state index in [9.17, 15) is 4.79 Å². The van der Waals surface area contributed by atoms with Crippen LogP contribution in [0.15, 0.2) is 0 Å². The van der Waals surface area contributed by atoms with E-state index < -0.39 is 0 Å². The molecule has 1 atom stereocenters.